The summed E-state index contributed by atoms with van der Waals surface area (Å²) in [5, 5.41) is 3.34. The van der Waals surface area contributed by atoms with Crippen molar-refractivity contribution >= 4 is 0 Å². The van der Waals surface area contributed by atoms with Crippen LogP contribution in [0.2, 0.25) is 0 Å². The fourth-order valence-corrected chi connectivity index (χ4v) is 1.84. The standard InChI is InChI=1S/C15H33NO2/c1-3-4-5-6-7-9-13-18-14-10-8-11-16-12-15-17-2/h16H,3-15H2,1-2H3. The van der Waals surface area contributed by atoms with Gasteiger partial charge in [-0.2, -0.15) is 0 Å². The van der Waals surface area contributed by atoms with Crippen molar-refractivity contribution in [2.45, 2.75) is 58.3 Å². The van der Waals surface area contributed by atoms with Gasteiger partial charge in [-0.1, -0.05) is 39.0 Å². The Kier molecular flexibility index (Phi) is 16.8. The highest BCUT2D eigenvalue weighted by Crippen LogP contribution is 2.04. The SMILES string of the molecule is CCCCCCCCOCCCCNCCOC. The van der Waals surface area contributed by atoms with E-state index in [0.717, 1.165) is 39.3 Å². The molecule has 0 aromatic carbocycles. The molecule has 0 aromatic heterocycles. The van der Waals surface area contributed by atoms with E-state index in [1.165, 1.54) is 44.9 Å². The van der Waals surface area contributed by atoms with E-state index in [9.17, 15) is 0 Å². The van der Waals surface area contributed by atoms with Gasteiger partial charge in [0.15, 0.2) is 0 Å². The van der Waals surface area contributed by atoms with Gasteiger partial charge >= 0.3 is 0 Å². The summed E-state index contributed by atoms with van der Waals surface area (Å²) in [5.41, 5.74) is 0. The Labute approximate surface area is 114 Å². The first-order valence-electron chi connectivity index (χ1n) is 7.69. The summed E-state index contributed by atoms with van der Waals surface area (Å²) in [7, 11) is 1.73. The molecule has 0 bridgehead atoms. The topological polar surface area (TPSA) is 30.5 Å². The quantitative estimate of drug-likeness (QED) is 0.457. The second-order valence-corrected chi connectivity index (χ2v) is 4.83. The first-order chi connectivity index (χ1) is 8.91. The Morgan fingerprint density at radius 1 is 0.722 bits per heavy atom. The molecule has 0 heterocycles. The monoisotopic (exact) mass is 259 g/mol. The maximum atomic E-state index is 5.62. The van der Waals surface area contributed by atoms with E-state index in [2.05, 4.69) is 12.2 Å². The van der Waals surface area contributed by atoms with Crippen molar-refractivity contribution < 1.29 is 9.47 Å². The average molecular weight is 259 g/mol. The third kappa shape index (κ3) is 15.9. The summed E-state index contributed by atoms with van der Waals surface area (Å²) in [6, 6.07) is 0. The van der Waals surface area contributed by atoms with Crippen LogP contribution in [0.1, 0.15) is 58.3 Å². The van der Waals surface area contributed by atoms with Crippen LogP contribution in [0.3, 0.4) is 0 Å². The molecule has 3 nitrogen and oxygen atoms in total. The Bertz CT molecular complexity index is 126. The van der Waals surface area contributed by atoms with Crippen LogP contribution in [-0.2, 0) is 9.47 Å². The molecule has 3 heteroatoms. The first kappa shape index (κ1) is 17.9. The highest BCUT2D eigenvalue weighted by Gasteiger charge is 1.92. The molecule has 1 N–H and O–H groups in total. The molecule has 0 fully saturated rings. The molecule has 0 amide bonds. The molecular formula is C15H33NO2. The minimum atomic E-state index is 0.800. The van der Waals surface area contributed by atoms with Crippen molar-refractivity contribution in [2.75, 3.05) is 40.0 Å². The maximum Gasteiger partial charge on any atom is 0.0587 e. The average Bonchev–Trinajstić information content (AvgIpc) is 2.39. The normalized spacial score (nSPS) is 11.0. The number of rotatable bonds is 15. The molecule has 0 saturated heterocycles. The van der Waals surface area contributed by atoms with E-state index in [1.54, 1.807) is 7.11 Å². The van der Waals surface area contributed by atoms with E-state index in [4.69, 9.17) is 9.47 Å². The number of ether oxygens (including phenoxy) is 2. The molecule has 18 heavy (non-hydrogen) atoms. The van der Waals surface area contributed by atoms with Crippen molar-refractivity contribution in [2.24, 2.45) is 0 Å². The van der Waals surface area contributed by atoms with E-state index in [-0.39, 0.29) is 0 Å². The van der Waals surface area contributed by atoms with Gasteiger partial charge in [0.25, 0.3) is 0 Å². The third-order valence-electron chi connectivity index (χ3n) is 3.02. The minimum Gasteiger partial charge on any atom is -0.383 e. The lowest BCUT2D eigenvalue weighted by Gasteiger charge is -2.05. The van der Waals surface area contributed by atoms with Gasteiger partial charge in [0.05, 0.1) is 6.61 Å². The lowest BCUT2D eigenvalue weighted by atomic mass is 10.1. The number of hydrogen-bond donors (Lipinski definition) is 1. The number of hydrogen-bond acceptors (Lipinski definition) is 3. The second-order valence-electron chi connectivity index (χ2n) is 4.83. The van der Waals surface area contributed by atoms with Crippen molar-refractivity contribution in [1.82, 2.24) is 5.32 Å². The maximum absolute atomic E-state index is 5.62. The molecule has 0 rings (SSSR count). The van der Waals surface area contributed by atoms with Crippen LogP contribution >= 0.6 is 0 Å². The highest BCUT2D eigenvalue weighted by atomic mass is 16.5. The van der Waals surface area contributed by atoms with Crippen LogP contribution in [-0.4, -0.2) is 40.0 Å². The van der Waals surface area contributed by atoms with E-state index in [1.807, 2.05) is 0 Å². The molecule has 0 aliphatic carbocycles. The van der Waals surface area contributed by atoms with Crippen molar-refractivity contribution in [3.8, 4) is 0 Å². The molecule has 0 radical (unpaired) electrons. The zero-order valence-corrected chi connectivity index (χ0v) is 12.5. The molecular weight excluding hydrogens is 226 g/mol. The number of methoxy groups -OCH3 is 1. The van der Waals surface area contributed by atoms with Gasteiger partial charge in [-0.25, -0.2) is 0 Å². The summed E-state index contributed by atoms with van der Waals surface area (Å²) in [6.45, 7) is 6.95. The van der Waals surface area contributed by atoms with Gasteiger partial charge in [0.2, 0.25) is 0 Å². The van der Waals surface area contributed by atoms with Gasteiger partial charge in [0.1, 0.15) is 0 Å². The van der Waals surface area contributed by atoms with Gasteiger partial charge in [-0.15, -0.1) is 0 Å². The van der Waals surface area contributed by atoms with Gasteiger partial charge in [-0.3, -0.25) is 0 Å². The molecule has 0 aliphatic heterocycles. The molecule has 0 aliphatic rings. The molecule has 0 unspecified atom stereocenters. The highest BCUT2D eigenvalue weighted by molar-refractivity contribution is 4.48. The minimum absolute atomic E-state index is 0.800. The second kappa shape index (κ2) is 16.9. The molecule has 0 saturated carbocycles. The molecule has 0 aromatic rings. The van der Waals surface area contributed by atoms with E-state index in [0.29, 0.717) is 0 Å². The summed E-state index contributed by atoms with van der Waals surface area (Å²) in [4.78, 5) is 0. The van der Waals surface area contributed by atoms with Gasteiger partial charge in [-0.05, 0) is 25.8 Å². The van der Waals surface area contributed by atoms with Crippen LogP contribution in [0.25, 0.3) is 0 Å². The number of nitrogens with one attached hydrogen (secondary N) is 1. The van der Waals surface area contributed by atoms with Crippen LogP contribution in [0.15, 0.2) is 0 Å². The smallest absolute Gasteiger partial charge is 0.0587 e. The largest absolute Gasteiger partial charge is 0.383 e. The van der Waals surface area contributed by atoms with Crippen LogP contribution in [0.4, 0.5) is 0 Å². The van der Waals surface area contributed by atoms with Crippen molar-refractivity contribution in [3.05, 3.63) is 0 Å². The third-order valence-corrected chi connectivity index (χ3v) is 3.02. The predicted octanol–water partition coefficient (Wildman–Crippen LogP) is 3.38. The first-order valence-corrected chi connectivity index (χ1v) is 7.69. The zero-order chi connectivity index (χ0) is 13.3. The predicted molar refractivity (Wildman–Crippen MR) is 78.2 cm³/mol. The zero-order valence-electron chi connectivity index (χ0n) is 12.5. The lowest BCUT2D eigenvalue weighted by Crippen LogP contribution is -2.20. The Morgan fingerprint density at radius 2 is 1.39 bits per heavy atom. The summed E-state index contributed by atoms with van der Waals surface area (Å²) >= 11 is 0. The fraction of sp³-hybridized carbons (Fsp3) is 1.00. The van der Waals surface area contributed by atoms with Gasteiger partial charge < -0.3 is 14.8 Å². The summed E-state index contributed by atoms with van der Waals surface area (Å²) in [6.07, 6.45) is 10.4. The van der Waals surface area contributed by atoms with E-state index < -0.39 is 0 Å². The van der Waals surface area contributed by atoms with Crippen molar-refractivity contribution in [3.63, 3.8) is 0 Å². The van der Waals surface area contributed by atoms with Gasteiger partial charge in [0, 0.05) is 26.9 Å². The summed E-state index contributed by atoms with van der Waals surface area (Å²) < 4.78 is 10.6. The lowest BCUT2D eigenvalue weighted by molar-refractivity contribution is 0.126. The van der Waals surface area contributed by atoms with Crippen LogP contribution < -0.4 is 5.32 Å². The molecule has 0 atom stereocenters. The van der Waals surface area contributed by atoms with Crippen LogP contribution in [0.5, 0.6) is 0 Å². The van der Waals surface area contributed by atoms with E-state index >= 15 is 0 Å². The van der Waals surface area contributed by atoms with Crippen molar-refractivity contribution in [1.29, 1.82) is 0 Å². The molecule has 110 valence electrons. The number of unbranched alkanes of at least 4 members (excludes halogenated alkanes) is 6. The summed E-state index contributed by atoms with van der Waals surface area (Å²) in [5.74, 6) is 0. The Hall–Kier alpha value is -0.120. The Balaban J connectivity index is 2.86. The molecule has 0 spiro atoms. The fourth-order valence-electron chi connectivity index (χ4n) is 1.84. The van der Waals surface area contributed by atoms with Crippen LogP contribution in [0, 0.1) is 0 Å². The Morgan fingerprint density at radius 3 is 2.11 bits per heavy atom.